The second-order valence-electron chi connectivity index (χ2n) is 3.88. The summed E-state index contributed by atoms with van der Waals surface area (Å²) < 4.78 is 0. The van der Waals surface area contributed by atoms with Crippen molar-refractivity contribution >= 4 is 0 Å². The summed E-state index contributed by atoms with van der Waals surface area (Å²) in [5.74, 6) is 0.816. The van der Waals surface area contributed by atoms with Crippen LogP contribution in [0.4, 0.5) is 0 Å². The van der Waals surface area contributed by atoms with Crippen LogP contribution in [0.1, 0.15) is 41.0 Å². The van der Waals surface area contributed by atoms with Crippen molar-refractivity contribution in [3.63, 3.8) is 0 Å². The van der Waals surface area contributed by atoms with E-state index in [0.717, 1.165) is 5.92 Å². The molecule has 0 atom stereocenters. The third-order valence-electron chi connectivity index (χ3n) is 1.72. The Bertz CT molecular complexity index is 70.1. The molecule has 0 heteroatoms. The van der Waals surface area contributed by atoms with E-state index in [2.05, 4.69) is 41.0 Å². The Kier molecular flexibility index (Phi) is 3.10. The average molecular weight is 127 g/mol. The lowest BCUT2D eigenvalue weighted by atomic mass is 9.82. The van der Waals surface area contributed by atoms with Crippen molar-refractivity contribution in [2.75, 3.05) is 0 Å². The smallest absolute Gasteiger partial charge is 0.0626 e. The van der Waals surface area contributed by atoms with E-state index in [4.69, 9.17) is 0 Å². The molecule has 0 aliphatic heterocycles. The van der Waals surface area contributed by atoms with E-state index in [1.54, 1.807) is 0 Å². The van der Waals surface area contributed by atoms with Crippen LogP contribution in [-0.4, -0.2) is 0 Å². The van der Waals surface area contributed by atoms with Gasteiger partial charge in [0.1, 0.15) is 5.41 Å². The maximum absolute atomic E-state index is 2.28. The van der Waals surface area contributed by atoms with Crippen LogP contribution >= 0.6 is 0 Å². The van der Waals surface area contributed by atoms with Gasteiger partial charge in [-0.05, 0) is 26.2 Å². The van der Waals surface area contributed by atoms with Crippen LogP contribution in [0, 0.1) is 17.8 Å². The molecule has 0 aromatic carbocycles. The minimum atomic E-state index is 0.439. The Morgan fingerprint density at radius 1 is 1.33 bits per heavy atom. The zero-order chi connectivity index (χ0) is 7.49. The first-order valence-corrected chi connectivity index (χ1v) is 3.78. The maximum Gasteiger partial charge on any atom is 0.102 e. The second kappa shape index (κ2) is 3.14. The van der Waals surface area contributed by atoms with Crippen LogP contribution in [0.15, 0.2) is 0 Å². The van der Waals surface area contributed by atoms with Gasteiger partial charge in [-0.15, -0.1) is 0 Å². The Balaban J connectivity index is 3.58. The largest absolute Gasteiger partial charge is 0.102 e. The van der Waals surface area contributed by atoms with E-state index in [1.807, 2.05) is 0 Å². The maximum atomic E-state index is 2.28. The van der Waals surface area contributed by atoms with Crippen molar-refractivity contribution in [3.8, 4) is 0 Å². The predicted octanol–water partition coefficient (Wildman–Crippen LogP) is 3.28. The molecule has 0 spiro atoms. The highest BCUT2D eigenvalue weighted by Crippen LogP contribution is 2.27. The monoisotopic (exact) mass is 127 g/mol. The van der Waals surface area contributed by atoms with Gasteiger partial charge in [0.2, 0.25) is 0 Å². The highest BCUT2D eigenvalue weighted by molar-refractivity contribution is 4.81. The van der Waals surface area contributed by atoms with Crippen LogP contribution in [0.3, 0.4) is 0 Å². The van der Waals surface area contributed by atoms with Gasteiger partial charge in [0.25, 0.3) is 0 Å². The van der Waals surface area contributed by atoms with Crippen molar-refractivity contribution in [3.05, 3.63) is 6.42 Å². The average Bonchev–Trinajstić information content (AvgIpc) is 1.63. The summed E-state index contributed by atoms with van der Waals surface area (Å²) in [6.07, 6.45) is 3.58. The zero-order valence-electron chi connectivity index (χ0n) is 7.36. The van der Waals surface area contributed by atoms with Gasteiger partial charge in [-0.3, -0.25) is 0 Å². The van der Waals surface area contributed by atoms with Crippen molar-refractivity contribution in [2.24, 2.45) is 11.3 Å². The van der Waals surface area contributed by atoms with Crippen LogP contribution in [0.2, 0.25) is 0 Å². The van der Waals surface area contributed by atoms with Gasteiger partial charge >= 0.3 is 0 Å². The molecule has 0 saturated heterocycles. The molecule has 0 bridgehead atoms. The molecule has 54 valence electrons. The lowest BCUT2D eigenvalue weighted by molar-refractivity contribution is 0.339. The standard InChI is InChI=1S/C9H19/c1-6-9(4,5)7-8(2)3/h6,8H,7H2,1-5H3/q+1. The minimum Gasteiger partial charge on any atom is -0.0626 e. The lowest BCUT2D eigenvalue weighted by Gasteiger charge is -2.16. The predicted molar refractivity (Wildman–Crippen MR) is 43.2 cm³/mol. The Morgan fingerprint density at radius 3 is 1.89 bits per heavy atom. The molecule has 0 unspecified atom stereocenters. The van der Waals surface area contributed by atoms with E-state index in [0.29, 0.717) is 5.41 Å². The van der Waals surface area contributed by atoms with Crippen molar-refractivity contribution in [1.29, 1.82) is 0 Å². The fourth-order valence-electron chi connectivity index (χ4n) is 1.17. The molecule has 0 aromatic rings. The molecule has 0 amide bonds. The molecule has 0 aromatic heterocycles. The molecule has 0 radical (unpaired) electrons. The lowest BCUT2D eigenvalue weighted by Crippen LogP contribution is -2.13. The van der Waals surface area contributed by atoms with Crippen LogP contribution < -0.4 is 0 Å². The molecule has 0 N–H and O–H groups in total. The minimum absolute atomic E-state index is 0.439. The Labute approximate surface area is 59.7 Å². The highest BCUT2D eigenvalue weighted by Gasteiger charge is 2.24. The van der Waals surface area contributed by atoms with Gasteiger partial charge in [0.15, 0.2) is 0 Å². The quantitative estimate of drug-likeness (QED) is 0.510. The first-order valence-electron chi connectivity index (χ1n) is 3.78. The van der Waals surface area contributed by atoms with E-state index in [9.17, 15) is 0 Å². The first kappa shape index (κ1) is 8.87. The summed E-state index contributed by atoms with van der Waals surface area (Å²) in [4.78, 5) is 0. The molecule has 0 heterocycles. The molecule has 0 aliphatic rings. The molecule has 0 saturated carbocycles. The third kappa shape index (κ3) is 4.38. The summed E-state index contributed by atoms with van der Waals surface area (Å²) in [5.41, 5.74) is 0.439. The van der Waals surface area contributed by atoms with Gasteiger partial charge in [0.05, 0.1) is 13.3 Å². The van der Waals surface area contributed by atoms with E-state index in [1.165, 1.54) is 6.42 Å². The second-order valence-corrected chi connectivity index (χ2v) is 3.88. The van der Waals surface area contributed by atoms with E-state index < -0.39 is 0 Å². The topological polar surface area (TPSA) is 0 Å². The number of rotatable bonds is 3. The molecule has 0 fully saturated rings. The van der Waals surface area contributed by atoms with E-state index >= 15 is 0 Å². The normalized spacial score (nSPS) is 12.2. The summed E-state index contributed by atoms with van der Waals surface area (Å²) in [6, 6.07) is 0. The first-order chi connectivity index (χ1) is 3.98. The van der Waals surface area contributed by atoms with Gasteiger partial charge < -0.3 is 0 Å². The SMILES string of the molecule is C[CH+]C(C)(C)CC(C)C. The molecular weight excluding hydrogens is 108 g/mol. The highest BCUT2D eigenvalue weighted by atomic mass is 14.2. The molecule has 0 nitrogen and oxygen atoms in total. The third-order valence-corrected chi connectivity index (χ3v) is 1.72. The number of hydrogen-bond acceptors (Lipinski definition) is 0. The molecule has 0 rings (SSSR count). The van der Waals surface area contributed by atoms with Crippen LogP contribution in [0.25, 0.3) is 0 Å². The van der Waals surface area contributed by atoms with Gasteiger partial charge in [-0.1, -0.05) is 13.8 Å². The molecular formula is C9H19+. The number of hydrogen-bond donors (Lipinski definition) is 0. The summed E-state index contributed by atoms with van der Waals surface area (Å²) in [7, 11) is 0. The van der Waals surface area contributed by atoms with Crippen molar-refractivity contribution in [2.45, 2.75) is 41.0 Å². The van der Waals surface area contributed by atoms with Crippen LogP contribution in [0.5, 0.6) is 0 Å². The van der Waals surface area contributed by atoms with Gasteiger partial charge in [-0.25, -0.2) is 0 Å². The summed E-state index contributed by atoms with van der Waals surface area (Å²) in [6.45, 7) is 11.2. The van der Waals surface area contributed by atoms with Gasteiger partial charge in [0, 0.05) is 0 Å². The zero-order valence-corrected chi connectivity index (χ0v) is 7.36. The van der Waals surface area contributed by atoms with Crippen molar-refractivity contribution < 1.29 is 0 Å². The summed E-state index contributed by atoms with van der Waals surface area (Å²) >= 11 is 0. The fourth-order valence-corrected chi connectivity index (χ4v) is 1.17. The van der Waals surface area contributed by atoms with Crippen LogP contribution in [-0.2, 0) is 0 Å². The van der Waals surface area contributed by atoms with Gasteiger partial charge in [-0.2, -0.15) is 0 Å². The molecule has 0 aliphatic carbocycles. The Hall–Kier alpha value is -0.130. The molecule has 9 heavy (non-hydrogen) atoms. The Morgan fingerprint density at radius 2 is 1.78 bits per heavy atom. The summed E-state index contributed by atoms with van der Waals surface area (Å²) in [5, 5.41) is 0. The van der Waals surface area contributed by atoms with E-state index in [-0.39, 0.29) is 0 Å². The fraction of sp³-hybridized carbons (Fsp3) is 0.889. The van der Waals surface area contributed by atoms with Crippen molar-refractivity contribution in [1.82, 2.24) is 0 Å².